The zero-order valence-electron chi connectivity index (χ0n) is 11.0. The molecular formula is C13H17F3N4. The zero-order chi connectivity index (χ0) is 14.3. The van der Waals surface area contributed by atoms with E-state index in [1.807, 2.05) is 0 Å². The molecule has 1 saturated carbocycles. The molecule has 2 heterocycles. The lowest BCUT2D eigenvalue weighted by atomic mass is 10.2. The van der Waals surface area contributed by atoms with Crippen LogP contribution < -0.4 is 11.1 Å². The van der Waals surface area contributed by atoms with Crippen LogP contribution in [0.25, 0.3) is 0 Å². The average molecular weight is 286 g/mol. The van der Waals surface area contributed by atoms with Crippen LogP contribution in [-0.2, 0) is 6.18 Å². The van der Waals surface area contributed by atoms with Gasteiger partial charge in [0.2, 0.25) is 0 Å². The topological polar surface area (TPSA) is 54.2 Å². The van der Waals surface area contributed by atoms with E-state index in [4.69, 9.17) is 5.73 Å². The molecule has 3 rings (SSSR count). The molecule has 0 aromatic carbocycles. The van der Waals surface area contributed by atoms with E-state index in [9.17, 15) is 13.2 Å². The lowest BCUT2D eigenvalue weighted by molar-refractivity contribution is -0.137. The molecule has 2 aliphatic rings. The van der Waals surface area contributed by atoms with Crippen LogP contribution in [0.15, 0.2) is 12.1 Å². The Labute approximate surface area is 115 Å². The van der Waals surface area contributed by atoms with Gasteiger partial charge in [0, 0.05) is 25.2 Å². The van der Waals surface area contributed by atoms with E-state index in [2.05, 4.69) is 15.2 Å². The standard InChI is InChI=1S/C13H17F3N4/c14-13(15,16)8-5-11(17)19-12(6-8)18-9-3-4-20(7-9)10-1-2-10/h5-6,9-10H,1-4,7H2,(H3,17,18,19). The van der Waals surface area contributed by atoms with E-state index in [0.717, 1.165) is 31.6 Å². The quantitative estimate of drug-likeness (QED) is 0.895. The van der Waals surface area contributed by atoms with E-state index in [1.54, 1.807) is 0 Å². The number of nitrogens with one attached hydrogen (secondary N) is 1. The molecule has 0 bridgehead atoms. The van der Waals surface area contributed by atoms with Crippen molar-refractivity contribution in [2.75, 3.05) is 24.1 Å². The molecule has 1 atom stereocenters. The van der Waals surface area contributed by atoms with Gasteiger partial charge in [0.15, 0.2) is 0 Å². The highest BCUT2D eigenvalue weighted by Gasteiger charge is 2.35. The Bertz CT molecular complexity index is 499. The summed E-state index contributed by atoms with van der Waals surface area (Å²) in [5.41, 5.74) is 4.69. The van der Waals surface area contributed by atoms with Crippen molar-refractivity contribution in [2.24, 2.45) is 0 Å². The number of hydrogen-bond acceptors (Lipinski definition) is 4. The van der Waals surface area contributed by atoms with E-state index < -0.39 is 11.7 Å². The fourth-order valence-electron chi connectivity index (χ4n) is 2.68. The van der Waals surface area contributed by atoms with Crippen LogP contribution in [0.1, 0.15) is 24.8 Å². The van der Waals surface area contributed by atoms with Crippen LogP contribution in [0, 0.1) is 0 Å². The monoisotopic (exact) mass is 286 g/mol. The molecule has 0 radical (unpaired) electrons. The molecule has 2 fully saturated rings. The van der Waals surface area contributed by atoms with E-state index >= 15 is 0 Å². The van der Waals surface area contributed by atoms with Crippen LogP contribution in [0.2, 0.25) is 0 Å². The summed E-state index contributed by atoms with van der Waals surface area (Å²) in [7, 11) is 0. The average Bonchev–Trinajstić information content (AvgIpc) is 3.09. The molecule has 110 valence electrons. The maximum Gasteiger partial charge on any atom is 0.416 e. The largest absolute Gasteiger partial charge is 0.416 e. The first kappa shape index (κ1) is 13.5. The molecule has 7 heteroatoms. The first-order valence-corrected chi connectivity index (χ1v) is 6.77. The van der Waals surface area contributed by atoms with Crippen LogP contribution in [0.5, 0.6) is 0 Å². The summed E-state index contributed by atoms with van der Waals surface area (Å²) in [6, 6.07) is 2.71. The number of nitrogen functional groups attached to an aromatic ring is 1. The maximum absolute atomic E-state index is 12.7. The minimum Gasteiger partial charge on any atom is -0.384 e. The van der Waals surface area contributed by atoms with Gasteiger partial charge in [-0.1, -0.05) is 0 Å². The molecule has 1 aromatic heterocycles. The van der Waals surface area contributed by atoms with Gasteiger partial charge < -0.3 is 11.1 Å². The maximum atomic E-state index is 12.7. The number of anilines is 2. The van der Waals surface area contributed by atoms with E-state index in [0.29, 0.717) is 6.04 Å². The summed E-state index contributed by atoms with van der Waals surface area (Å²) in [4.78, 5) is 6.33. The van der Waals surface area contributed by atoms with Crippen LogP contribution in [0.4, 0.5) is 24.8 Å². The lowest BCUT2D eigenvalue weighted by Crippen LogP contribution is -2.28. The molecule has 1 aliphatic heterocycles. The normalized spacial score (nSPS) is 24.1. The van der Waals surface area contributed by atoms with Crippen molar-refractivity contribution >= 4 is 11.6 Å². The highest BCUT2D eigenvalue weighted by molar-refractivity contribution is 5.48. The number of alkyl halides is 3. The van der Waals surface area contributed by atoms with Crippen molar-refractivity contribution in [3.63, 3.8) is 0 Å². The van der Waals surface area contributed by atoms with Crippen LogP contribution in [-0.4, -0.2) is 35.1 Å². The predicted molar refractivity (Wildman–Crippen MR) is 70.3 cm³/mol. The molecular weight excluding hydrogens is 269 g/mol. The summed E-state index contributed by atoms with van der Waals surface area (Å²) >= 11 is 0. The molecule has 0 amide bonds. The van der Waals surface area contributed by atoms with Crippen LogP contribution in [0.3, 0.4) is 0 Å². The predicted octanol–water partition coefficient (Wildman–Crippen LogP) is 2.33. The first-order chi connectivity index (χ1) is 9.41. The lowest BCUT2D eigenvalue weighted by Gasteiger charge is -2.17. The van der Waals surface area contributed by atoms with Crippen LogP contribution >= 0.6 is 0 Å². The molecule has 1 unspecified atom stereocenters. The van der Waals surface area contributed by atoms with Gasteiger partial charge in [-0.25, -0.2) is 4.98 Å². The van der Waals surface area contributed by atoms with E-state index in [-0.39, 0.29) is 17.7 Å². The van der Waals surface area contributed by atoms with Gasteiger partial charge in [-0.15, -0.1) is 0 Å². The Morgan fingerprint density at radius 3 is 2.65 bits per heavy atom. The molecule has 1 saturated heterocycles. The Balaban J connectivity index is 1.69. The Hall–Kier alpha value is -1.50. The minimum atomic E-state index is -4.40. The number of aromatic nitrogens is 1. The smallest absolute Gasteiger partial charge is 0.384 e. The Morgan fingerprint density at radius 1 is 1.25 bits per heavy atom. The number of hydrogen-bond donors (Lipinski definition) is 2. The fourth-order valence-corrected chi connectivity index (χ4v) is 2.68. The summed E-state index contributed by atoms with van der Waals surface area (Å²) in [6.45, 7) is 1.86. The highest BCUT2D eigenvalue weighted by atomic mass is 19.4. The fraction of sp³-hybridized carbons (Fsp3) is 0.615. The number of pyridine rings is 1. The minimum absolute atomic E-state index is 0.112. The molecule has 3 N–H and O–H groups in total. The highest BCUT2D eigenvalue weighted by Crippen LogP contribution is 2.33. The third-order valence-electron chi connectivity index (χ3n) is 3.81. The number of nitrogens with zero attached hydrogens (tertiary/aromatic N) is 2. The van der Waals surface area contributed by atoms with Gasteiger partial charge in [0.25, 0.3) is 0 Å². The second kappa shape index (κ2) is 4.80. The molecule has 4 nitrogen and oxygen atoms in total. The van der Waals surface area contributed by atoms with Gasteiger partial charge in [0.1, 0.15) is 11.6 Å². The second-order valence-electron chi connectivity index (χ2n) is 5.52. The second-order valence-corrected chi connectivity index (χ2v) is 5.52. The van der Waals surface area contributed by atoms with E-state index in [1.165, 1.54) is 12.8 Å². The zero-order valence-corrected chi connectivity index (χ0v) is 11.0. The summed E-state index contributed by atoms with van der Waals surface area (Å²) in [5.74, 6) is 0.0966. The van der Waals surface area contributed by atoms with Gasteiger partial charge in [0.05, 0.1) is 5.56 Å². The SMILES string of the molecule is Nc1cc(C(F)(F)F)cc(NC2CCN(C3CC3)C2)n1. The number of likely N-dealkylation sites (tertiary alicyclic amines) is 1. The van der Waals surface area contributed by atoms with Crippen molar-refractivity contribution in [3.8, 4) is 0 Å². The Kier molecular flexibility index (Phi) is 3.24. The van der Waals surface area contributed by atoms with Gasteiger partial charge in [-0.05, 0) is 31.4 Å². The first-order valence-electron chi connectivity index (χ1n) is 6.77. The Morgan fingerprint density at radius 2 is 2.00 bits per heavy atom. The van der Waals surface area contributed by atoms with Gasteiger partial charge >= 0.3 is 6.18 Å². The van der Waals surface area contributed by atoms with Gasteiger partial charge in [-0.2, -0.15) is 13.2 Å². The van der Waals surface area contributed by atoms with Crippen molar-refractivity contribution < 1.29 is 13.2 Å². The number of rotatable bonds is 3. The van der Waals surface area contributed by atoms with Crippen molar-refractivity contribution in [1.82, 2.24) is 9.88 Å². The van der Waals surface area contributed by atoms with Crippen molar-refractivity contribution in [3.05, 3.63) is 17.7 Å². The number of halogens is 3. The van der Waals surface area contributed by atoms with Crippen molar-refractivity contribution in [2.45, 2.75) is 37.5 Å². The number of nitrogens with two attached hydrogens (primary N) is 1. The van der Waals surface area contributed by atoms with Crippen molar-refractivity contribution in [1.29, 1.82) is 0 Å². The van der Waals surface area contributed by atoms with Gasteiger partial charge in [-0.3, -0.25) is 4.90 Å². The molecule has 20 heavy (non-hydrogen) atoms. The summed E-state index contributed by atoms with van der Waals surface area (Å²) in [5, 5.41) is 3.07. The third-order valence-corrected chi connectivity index (χ3v) is 3.81. The molecule has 1 aromatic rings. The summed E-state index contributed by atoms with van der Waals surface area (Å²) < 4.78 is 38.2. The molecule has 1 aliphatic carbocycles. The molecule has 0 spiro atoms. The summed E-state index contributed by atoms with van der Waals surface area (Å²) in [6.07, 6.45) is -1.000. The third kappa shape index (κ3) is 2.98.